The van der Waals surface area contributed by atoms with Crippen LogP contribution in [0.3, 0.4) is 0 Å². The minimum atomic E-state index is -5.50. The lowest BCUT2D eigenvalue weighted by atomic mass is 10.5. The summed E-state index contributed by atoms with van der Waals surface area (Å²) < 4.78 is 64.0. The number of hydrogen-bond donors (Lipinski definition) is 1. The van der Waals surface area contributed by atoms with Gasteiger partial charge in [0.2, 0.25) is 0 Å². The van der Waals surface area contributed by atoms with Crippen molar-refractivity contribution in [2.45, 2.75) is 11.9 Å². The van der Waals surface area contributed by atoms with Crippen LogP contribution in [0.4, 0.5) is 13.2 Å². The third-order valence-electron chi connectivity index (χ3n) is 1.19. The van der Waals surface area contributed by atoms with Crippen LogP contribution in [0, 0.1) is 0 Å². The van der Waals surface area contributed by atoms with Gasteiger partial charge in [-0.15, -0.1) is 0 Å². The predicted molar refractivity (Wildman–Crippen MR) is 43.4 cm³/mol. The van der Waals surface area contributed by atoms with E-state index in [4.69, 9.17) is 5.11 Å². The summed E-state index contributed by atoms with van der Waals surface area (Å²) in [5.41, 5.74) is -5.39. The maximum atomic E-state index is 11.7. The summed E-state index contributed by atoms with van der Waals surface area (Å²) in [4.78, 5) is 0. The summed E-state index contributed by atoms with van der Waals surface area (Å²) in [5.74, 6) is 0. The molecule has 0 heterocycles. The summed E-state index contributed by atoms with van der Waals surface area (Å²) >= 11 is 0. The third kappa shape index (κ3) is 5.92. The van der Waals surface area contributed by atoms with E-state index >= 15 is 0 Å². The second kappa shape index (κ2) is 6.26. The van der Waals surface area contributed by atoms with Crippen molar-refractivity contribution >= 4 is 10.1 Å². The second-order valence-corrected chi connectivity index (χ2v) is 4.02. The largest absolute Gasteiger partial charge is 0.523 e. The van der Waals surface area contributed by atoms with Gasteiger partial charge >= 0.3 is 15.6 Å². The average molecular weight is 252 g/mol. The van der Waals surface area contributed by atoms with Crippen molar-refractivity contribution in [1.29, 1.82) is 0 Å². The van der Waals surface area contributed by atoms with Crippen molar-refractivity contribution < 1.29 is 35.6 Å². The van der Waals surface area contributed by atoms with Gasteiger partial charge in [0.15, 0.2) is 0 Å². The fourth-order valence-electron chi connectivity index (χ4n) is 0.563. The maximum absolute atomic E-state index is 11.7. The maximum Gasteiger partial charge on any atom is 0.523 e. The van der Waals surface area contributed by atoms with Crippen LogP contribution in [0.25, 0.3) is 0 Å². The van der Waals surface area contributed by atoms with Crippen molar-refractivity contribution in [3.8, 4) is 0 Å². The molecule has 15 heavy (non-hydrogen) atoms. The van der Waals surface area contributed by atoms with Gasteiger partial charge in [-0.1, -0.05) is 0 Å². The molecule has 0 aromatic heterocycles. The molecule has 0 radical (unpaired) electrons. The van der Waals surface area contributed by atoms with E-state index in [2.05, 4.69) is 8.92 Å². The molecule has 0 aliphatic carbocycles. The molecule has 0 fully saturated rings. The van der Waals surface area contributed by atoms with Crippen LogP contribution in [-0.4, -0.2) is 45.5 Å². The van der Waals surface area contributed by atoms with E-state index in [1.807, 2.05) is 0 Å². The van der Waals surface area contributed by atoms with Crippen molar-refractivity contribution in [1.82, 2.24) is 0 Å². The first-order chi connectivity index (χ1) is 6.81. The normalized spacial score (nSPS) is 13.1. The van der Waals surface area contributed by atoms with Gasteiger partial charge in [-0.05, 0) is 6.42 Å². The Morgan fingerprint density at radius 1 is 1.13 bits per heavy atom. The highest BCUT2D eigenvalue weighted by Crippen LogP contribution is 2.24. The van der Waals surface area contributed by atoms with E-state index < -0.39 is 22.2 Å². The van der Waals surface area contributed by atoms with Gasteiger partial charge in [-0.25, -0.2) is 0 Å². The summed E-state index contributed by atoms with van der Waals surface area (Å²) in [7, 11) is -5.50. The van der Waals surface area contributed by atoms with Crippen molar-refractivity contribution in [2.75, 3.05) is 26.4 Å². The number of halogens is 3. The van der Waals surface area contributed by atoms with Crippen LogP contribution in [0.2, 0.25) is 0 Å². The van der Waals surface area contributed by atoms with Crippen LogP contribution < -0.4 is 0 Å². The molecular formula is C6H11F3O5S. The number of hydrogen-bond acceptors (Lipinski definition) is 5. The highest BCUT2D eigenvalue weighted by Gasteiger charge is 2.47. The number of aliphatic hydroxyl groups is 1. The van der Waals surface area contributed by atoms with Crippen molar-refractivity contribution in [2.24, 2.45) is 0 Å². The Morgan fingerprint density at radius 2 is 1.73 bits per heavy atom. The molecule has 9 heteroatoms. The standard InChI is InChI=1S/C6H11F3O5S/c7-6(8,9)15(11,12)14-4-1-3-13-5-2-10/h10H,1-5H2. The topological polar surface area (TPSA) is 72.8 Å². The van der Waals surface area contributed by atoms with Crippen LogP contribution in [-0.2, 0) is 19.0 Å². The highest BCUT2D eigenvalue weighted by atomic mass is 32.2. The Morgan fingerprint density at radius 3 is 2.20 bits per heavy atom. The van der Waals surface area contributed by atoms with Crippen LogP contribution in [0.1, 0.15) is 6.42 Å². The molecule has 0 amide bonds. The SMILES string of the molecule is O=S(=O)(OCCCOCCO)C(F)(F)F. The van der Waals surface area contributed by atoms with Gasteiger partial charge in [0.05, 0.1) is 19.8 Å². The zero-order valence-electron chi connectivity index (χ0n) is 7.66. The average Bonchev–Trinajstić information content (AvgIpc) is 2.09. The van der Waals surface area contributed by atoms with E-state index in [0.717, 1.165) is 0 Å². The molecule has 0 aromatic carbocycles. The van der Waals surface area contributed by atoms with Gasteiger partial charge in [0.1, 0.15) is 0 Å². The first-order valence-corrected chi connectivity index (χ1v) is 5.36. The molecule has 0 unspecified atom stereocenters. The fourth-order valence-corrected chi connectivity index (χ4v) is 1.03. The number of alkyl halides is 3. The van der Waals surface area contributed by atoms with Gasteiger partial charge in [0.25, 0.3) is 0 Å². The molecule has 0 aliphatic heterocycles. The zero-order valence-corrected chi connectivity index (χ0v) is 8.47. The molecule has 0 aliphatic rings. The molecule has 92 valence electrons. The molecule has 0 aromatic rings. The number of rotatable bonds is 7. The molecule has 0 atom stereocenters. The minimum Gasteiger partial charge on any atom is -0.394 e. The first-order valence-electron chi connectivity index (χ1n) is 3.95. The molecule has 5 nitrogen and oxygen atoms in total. The lowest BCUT2D eigenvalue weighted by Gasteiger charge is -2.07. The van der Waals surface area contributed by atoms with Gasteiger partial charge in [-0.2, -0.15) is 21.6 Å². The lowest BCUT2D eigenvalue weighted by molar-refractivity contribution is -0.0546. The minimum absolute atomic E-state index is 0.00465. The first kappa shape index (κ1) is 14.6. The molecule has 0 saturated carbocycles. The van der Waals surface area contributed by atoms with Crippen molar-refractivity contribution in [3.63, 3.8) is 0 Å². The van der Waals surface area contributed by atoms with Crippen molar-refractivity contribution in [3.05, 3.63) is 0 Å². The highest BCUT2D eigenvalue weighted by molar-refractivity contribution is 7.87. The predicted octanol–water partition coefficient (Wildman–Crippen LogP) is 0.252. The smallest absolute Gasteiger partial charge is 0.394 e. The molecule has 0 bridgehead atoms. The Hall–Kier alpha value is -0.380. The zero-order chi connectivity index (χ0) is 11.9. The Bertz CT molecular complexity index is 260. The Kier molecular flexibility index (Phi) is 6.10. The number of aliphatic hydroxyl groups excluding tert-OH is 1. The monoisotopic (exact) mass is 252 g/mol. The quantitative estimate of drug-likeness (QED) is 0.399. The van der Waals surface area contributed by atoms with Crippen LogP contribution >= 0.6 is 0 Å². The summed E-state index contributed by atoms with van der Waals surface area (Å²) in [5, 5.41) is 8.26. The lowest BCUT2D eigenvalue weighted by Crippen LogP contribution is -2.26. The van der Waals surface area contributed by atoms with E-state index in [9.17, 15) is 21.6 Å². The fraction of sp³-hybridized carbons (Fsp3) is 1.00. The van der Waals surface area contributed by atoms with Gasteiger partial charge in [0, 0.05) is 6.61 Å². The molecule has 0 rings (SSSR count). The summed E-state index contributed by atoms with van der Waals surface area (Å²) in [6.07, 6.45) is -0.00465. The Balaban J connectivity index is 3.69. The third-order valence-corrected chi connectivity index (χ3v) is 2.23. The molecular weight excluding hydrogens is 241 g/mol. The number of ether oxygens (including phenoxy) is 1. The van der Waals surface area contributed by atoms with E-state index in [1.165, 1.54) is 0 Å². The van der Waals surface area contributed by atoms with Gasteiger partial charge < -0.3 is 9.84 Å². The second-order valence-electron chi connectivity index (χ2n) is 2.41. The summed E-state index contributed by atoms with van der Waals surface area (Å²) in [6.45, 7) is -0.741. The van der Waals surface area contributed by atoms with E-state index in [0.29, 0.717) is 0 Å². The van der Waals surface area contributed by atoms with E-state index in [1.54, 1.807) is 0 Å². The summed E-state index contributed by atoms with van der Waals surface area (Å²) in [6, 6.07) is 0. The van der Waals surface area contributed by atoms with Crippen LogP contribution in [0.15, 0.2) is 0 Å². The molecule has 1 N–H and O–H groups in total. The molecule has 0 spiro atoms. The molecule has 0 saturated heterocycles. The van der Waals surface area contributed by atoms with E-state index in [-0.39, 0.29) is 26.2 Å². The van der Waals surface area contributed by atoms with Crippen LogP contribution in [0.5, 0.6) is 0 Å². The Labute approximate surface area is 84.9 Å². The van der Waals surface area contributed by atoms with Gasteiger partial charge in [-0.3, -0.25) is 4.18 Å².